The summed E-state index contributed by atoms with van der Waals surface area (Å²) in [5.41, 5.74) is 2.07. The minimum atomic E-state index is -0.363. The minimum Gasteiger partial charge on any atom is -0.462 e. The Labute approximate surface area is 179 Å². The normalized spacial score (nSPS) is 10.6. The van der Waals surface area contributed by atoms with Crippen molar-refractivity contribution in [3.05, 3.63) is 60.2 Å². The maximum Gasteiger partial charge on any atom is 0.338 e. The number of ether oxygens (including phenoxy) is 1. The van der Waals surface area contributed by atoms with Crippen LogP contribution >= 0.6 is 11.8 Å². The van der Waals surface area contributed by atoms with E-state index in [4.69, 9.17) is 4.74 Å². The molecule has 0 saturated heterocycles. The molecule has 0 fully saturated rings. The maximum atomic E-state index is 12.3. The molecule has 0 unspecified atom stereocenters. The fraction of sp³-hybridized carbons (Fsp3) is 0.273. The zero-order chi connectivity index (χ0) is 21.3. The Hall–Kier alpha value is -3.13. The molecule has 3 aromatic rings. The molecule has 0 spiro atoms. The highest BCUT2D eigenvalue weighted by Gasteiger charge is 2.14. The Morgan fingerprint density at radius 1 is 1.03 bits per heavy atom. The number of rotatable bonds is 9. The number of anilines is 1. The molecule has 8 heteroatoms. The summed E-state index contributed by atoms with van der Waals surface area (Å²) in [6.07, 6.45) is 0.774. The number of carbonyl (C=O) groups excluding carboxylic acids is 2. The van der Waals surface area contributed by atoms with Crippen molar-refractivity contribution in [1.82, 2.24) is 14.8 Å². The van der Waals surface area contributed by atoms with Crippen LogP contribution in [-0.2, 0) is 16.1 Å². The van der Waals surface area contributed by atoms with Crippen molar-refractivity contribution in [2.45, 2.75) is 32.0 Å². The summed E-state index contributed by atoms with van der Waals surface area (Å²) in [5.74, 6) is 0.464. The van der Waals surface area contributed by atoms with Crippen LogP contribution in [0.4, 0.5) is 5.69 Å². The zero-order valence-electron chi connectivity index (χ0n) is 17.0. The van der Waals surface area contributed by atoms with E-state index in [2.05, 4.69) is 15.5 Å². The van der Waals surface area contributed by atoms with Gasteiger partial charge in [0.1, 0.15) is 0 Å². The van der Waals surface area contributed by atoms with Crippen LogP contribution in [0.25, 0.3) is 11.4 Å². The third-order valence-corrected chi connectivity index (χ3v) is 5.21. The largest absolute Gasteiger partial charge is 0.462 e. The predicted molar refractivity (Wildman–Crippen MR) is 118 cm³/mol. The van der Waals surface area contributed by atoms with E-state index in [-0.39, 0.29) is 17.6 Å². The number of amides is 1. The Kier molecular flexibility index (Phi) is 7.62. The van der Waals surface area contributed by atoms with Gasteiger partial charge in [0, 0.05) is 17.8 Å². The molecule has 0 bridgehead atoms. The number of thioether (sulfide) groups is 1. The summed E-state index contributed by atoms with van der Waals surface area (Å²) in [6.45, 7) is 5.06. The smallest absolute Gasteiger partial charge is 0.338 e. The van der Waals surface area contributed by atoms with Gasteiger partial charge >= 0.3 is 5.97 Å². The van der Waals surface area contributed by atoms with E-state index < -0.39 is 0 Å². The highest BCUT2D eigenvalue weighted by Crippen LogP contribution is 2.24. The predicted octanol–water partition coefficient (Wildman–Crippen LogP) is 4.26. The summed E-state index contributed by atoms with van der Waals surface area (Å²) < 4.78 is 7.09. The average molecular weight is 425 g/mol. The number of hydrogen-bond acceptors (Lipinski definition) is 6. The summed E-state index contributed by atoms with van der Waals surface area (Å²) in [5, 5.41) is 12.0. The van der Waals surface area contributed by atoms with Gasteiger partial charge in [-0.15, -0.1) is 10.2 Å². The van der Waals surface area contributed by atoms with Crippen LogP contribution in [0.1, 0.15) is 30.6 Å². The van der Waals surface area contributed by atoms with Gasteiger partial charge in [0.25, 0.3) is 0 Å². The second kappa shape index (κ2) is 10.6. The van der Waals surface area contributed by atoms with Gasteiger partial charge in [0.2, 0.25) is 5.91 Å². The molecule has 1 N–H and O–H groups in total. The number of benzene rings is 2. The first-order chi connectivity index (χ1) is 14.6. The van der Waals surface area contributed by atoms with Gasteiger partial charge in [0.05, 0.1) is 17.9 Å². The van der Waals surface area contributed by atoms with E-state index in [1.54, 1.807) is 24.3 Å². The summed E-state index contributed by atoms with van der Waals surface area (Å²) >= 11 is 1.33. The fourth-order valence-corrected chi connectivity index (χ4v) is 3.58. The van der Waals surface area contributed by atoms with Gasteiger partial charge in [-0.3, -0.25) is 4.79 Å². The number of hydrogen-bond donors (Lipinski definition) is 1. The molecule has 1 aromatic heterocycles. The first-order valence-electron chi connectivity index (χ1n) is 9.80. The van der Waals surface area contributed by atoms with Crippen molar-refractivity contribution in [1.29, 1.82) is 0 Å². The molecule has 30 heavy (non-hydrogen) atoms. The standard InChI is InChI=1S/C22H24N4O3S/c1-3-14-29-21(28)17-10-12-18(13-11-17)23-19(27)15-30-22-25-24-20(26(22)4-2)16-8-6-5-7-9-16/h5-13H,3-4,14-15H2,1-2H3,(H,23,27). The van der Waals surface area contributed by atoms with Crippen LogP contribution in [0.5, 0.6) is 0 Å². The van der Waals surface area contributed by atoms with Crippen LogP contribution < -0.4 is 5.32 Å². The van der Waals surface area contributed by atoms with Crippen molar-refractivity contribution < 1.29 is 14.3 Å². The van der Waals surface area contributed by atoms with Crippen molar-refractivity contribution in [3.8, 4) is 11.4 Å². The molecule has 0 saturated carbocycles. The molecule has 1 heterocycles. The maximum absolute atomic E-state index is 12.3. The van der Waals surface area contributed by atoms with Crippen LogP contribution in [0.15, 0.2) is 59.8 Å². The minimum absolute atomic E-state index is 0.159. The average Bonchev–Trinajstić information content (AvgIpc) is 3.20. The number of nitrogens with zero attached hydrogens (tertiary/aromatic N) is 3. The van der Waals surface area contributed by atoms with Crippen molar-refractivity contribution in [2.75, 3.05) is 17.7 Å². The molecule has 0 aliphatic heterocycles. The summed E-state index contributed by atoms with van der Waals surface area (Å²) in [6, 6.07) is 16.5. The van der Waals surface area contributed by atoms with Crippen LogP contribution in [0, 0.1) is 0 Å². The molecular formula is C22H24N4O3S. The van der Waals surface area contributed by atoms with Gasteiger partial charge in [0.15, 0.2) is 11.0 Å². The lowest BCUT2D eigenvalue weighted by molar-refractivity contribution is -0.113. The van der Waals surface area contributed by atoms with E-state index in [1.165, 1.54) is 11.8 Å². The van der Waals surface area contributed by atoms with E-state index in [9.17, 15) is 9.59 Å². The molecule has 1 amide bonds. The molecule has 0 aliphatic carbocycles. The summed E-state index contributed by atoms with van der Waals surface area (Å²) in [7, 11) is 0. The van der Waals surface area contributed by atoms with Gasteiger partial charge in [-0.1, -0.05) is 49.0 Å². The Bertz CT molecular complexity index is 987. The van der Waals surface area contributed by atoms with Crippen LogP contribution in [0.3, 0.4) is 0 Å². The van der Waals surface area contributed by atoms with Crippen molar-refractivity contribution in [2.24, 2.45) is 0 Å². The molecule has 156 valence electrons. The van der Waals surface area contributed by atoms with Crippen molar-refractivity contribution in [3.63, 3.8) is 0 Å². The van der Waals surface area contributed by atoms with E-state index in [1.807, 2.05) is 48.7 Å². The second-order valence-corrected chi connectivity index (χ2v) is 7.41. The molecule has 3 rings (SSSR count). The fourth-order valence-electron chi connectivity index (χ4n) is 2.78. The topological polar surface area (TPSA) is 86.1 Å². The van der Waals surface area contributed by atoms with Crippen molar-refractivity contribution >= 4 is 29.3 Å². The van der Waals surface area contributed by atoms with E-state index in [0.29, 0.717) is 29.6 Å². The van der Waals surface area contributed by atoms with Crippen LogP contribution in [0.2, 0.25) is 0 Å². The summed E-state index contributed by atoms with van der Waals surface area (Å²) in [4.78, 5) is 24.2. The van der Waals surface area contributed by atoms with Crippen LogP contribution in [-0.4, -0.2) is 39.0 Å². The van der Waals surface area contributed by atoms with Gasteiger partial charge in [-0.2, -0.15) is 0 Å². The Balaban J connectivity index is 1.57. The lowest BCUT2D eigenvalue weighted by Gasteiger charge is -2.08. The molecule has 7 nitrogen and oxygen atoms in total. The molecular weight excluding hydrogens is 400 g/mol. The highest BCUT2D eigenvalue weighted by molar-refractivity contribution is 7.99. The number of nitrogens with one attached hydrogen (secondary N) is 1. The zero-order valence-corrected chi connectivity index (χ0v) is 17.8. The second-order valence-electron chi connectivity index (χ2n) is 6.47. The van der Waals surface area contributed by atoms with Gasteiger partial charge in [-0.25, -0.2) is 4.79 Å². The Morgan fingerprint density at radius 3 is 2.43 bits per heavy atom. The molecule has 0 atom stereocenters. The SMILES string of the molecule is CCCOC(=O)c1ccc(NC(=O)CSc2nnc(-c3ccccc3)n2CC)cc1. The quantitative estimate of drug-likeness (QED) is 0.408. The highest BCUT2D eigenvalue weighted by atomic mass is 32.2. The first kappa shape index (κ1) is 21.6. The number of aromatic nitrogens is 3. The Morgan fingerprint density at radius 2 is 1.77 bits per heavy atom. The third-order valence-electron chi connectivity index (χ3n) is 4.24. The first-order valence-corrected chi connectivity index (χ1v) is 10.8. The lowest BCUT2D eigenvalue weighted by Crippen LogP contribution is -2.15. The monoisotopic (exact) mass is 424 g/mol. The molecule has 0 radical (unpaired) electrons. The number of esters is 1. The van der Waals surface area contributed by atoms with E-state index >= 15 is 0 Å². The molecule has 2 aromatic carbocycles. The lowest BCUT2D eigenvalue weighted by atomic mass is 10.2. The molecule has 0 aliphatic rings. The number of carbonyl (C=O) groups is 2. The van der Waals surface area contributed by atoms with Gasteiger partial charge in [-0.05, 0) is 37.6 Å². The third kappa shape index (κ3) is 5.48. The van der Waals surface area contributed by atoms with Gasteiger partial charge < -0.3 is 14.6 Å². The van der Waals surface area contributed by atoms with E-state index in [0.717, 1.165) is 17.8 Å².